The van der Waals surface area contributed by atoms with Gasteiger partial charge in [0.2, 0.25) is 5.91 Å². The van der Waals surface area contributed by atoms with Crippen LogP contribution in [0.2, 0.25) is 0 Å². The molecular formula is C16H25N3O5. The summed E-state index contributed by atoms with van der Waals surface area (Å²) in [6.45, 7) is 3.43. The lowest BCUT2D eigenvalue weighted by atomic mass is 9.97. The number of carbonyl (C=O) groups is 4. The molecule has 2 aliphatic rings. The van der Waals surface area contributed by atoms with Gasteiger partial charge in [0.25, 0.3) is 5.91 Å². The molecule has 1 aliphatic carbocycles. The number of hydrogen-bond donors (Lipinski definition) is 3. The fourth-order valence-electron chi connectivity index (χ4n) is 3.41. The number of carboxylic acid groups (broad SMARTS) is 1. The lowest BCUT2D eigenvalue weighted by Gasteiger charge is -2.20. The van der Waals surface area contributed by atoms with E-state index in [-0.39, 0.29) is 24.9 Å². The topological polar surface area (TPSA) is 116 Å². The number of amides is 4. The first kappa shape index (κ1) is 18.2. The van der Waals surface area contributed by atoms with Crippen molar-refractivity contribution in [1.29, 1.82) is 0 Å². The maximum atomic E-state index is 12.4. The molecule has 1 spiro atoms. The van der Waals surface area contributed by atoms with E-state index in [1.165, 1.54) is 0 Å². The van der Waals surface area contributed by atoms with E-state index in [9.17, 15) is 19.2 Å². The number of imide groups is 1. The van der Waals surface area contributed by atoms with Crippen molar-refractivity contribution in [3.63, 3.8) is 0 Å². The highest BCUT2D eigenvalue weighted by Crippen LogP contribution is 2.34. The van der Waals surface area contributed by atoms with Gasteiger partial charge in [0.05, 0.1) is 5.92 Å². The van der Waals surface area contributed by atoms with Gasteiger partial charge in [-0.3, -0.25) is 19.3 Å². The third-order valence-corrected chi connectivity index (χ3v) is 4.66. The molecule has 24 heavy (non-hydrogen) atoms. The van der Waals surface area contributed by atoms with Gasteiger partial charge in [0.1, 0.15) is 12.1 Å². The molecule has 3 N–H and O–H groups in total. The Balaban J connectivity index is 1.89. The van der Waals surface area contributed by atoms with E-state index < -0.39 is 29.4 Å². The second-order valence-electron chi connectivity index (χ2n) is 7.08. The van der Waals surface area contributed by atoms with Gasteiger partial charge in [-0.2, -0.15) is 0 Å². The van der Waals surface area contributed by atoms with Crippen LogP contribution < -0.4 is 10.6 Å². The molecule has 134 valence electrons. The molecule has 1 heterocycles. The molecule has 1 aliphatic heterocycles. The molecule has 1 saturated carbocycles. The lowest BCUT2D eigenvalue weighted by Crippen LogP contribution is -2.46. The number of hydrogen-bond acceptors (Lipinski definition) is 4. The minimum atomic E-state index is -0.969. The molecule has 1 saturated heterocycles. The average Bonchev–Trinajstić information content (AvgIpc) is 3.04. The maximum Gasteiger partial charge on any atom is 0.325 e. The van der Waals surface area contributed by atoms with Gasteiger partial charge < -0.3 is 15.7 Å². The van der Waals surface area contributed by atoms with Crippen LogP contribution >= 0.6 is 0 Å². The fraction of sp³-hybridized carbons (Fsp3) is 0.750. The average molecular weight is 339 g/mol. The van der Waals surface area contributed by atoms with E-state index in [1.807, 2.05) is 13.8 Å². The van der Waals surface area contributed by atoms with E-state index in [1.54, 1.807) is 0 Å². The van der Waals surface area contributed by atoms with Crippen LogP contribution in [0, 0.1) is 11.8 Å². The number of nitrogens with one attached hydrogen (secondary N) is 2. The van der Waals surface area contributed by atoms with Crippen molar-refractivity contribution in [2.45, 2.75) is 51.5 Å². The van der Waals surface area contributed by atoms with Gasteiger partial charge in [0.15, 0.2) is 0 Å². The molecule has 2 fully saturated rings. The molecular weight excluding hydrogens is 314 g/mol. The summed E-state index contributed by atoms with van der Waals surface area (Å²) in [7, 11) is 0. The van der Waals surface area contributed by atoms with Gasteiger partial charge in [0, 0.05) is 6.54 Å². The van der Waals surface area contributed by atoms with Crippen molar-refractivity contribution in [2.75, 3.05) is 13.1 Å². The Hall–Kier alpha value is -2.12. The zero-order chi connectivity index (χ0) is 17.9. The van der Waals surface area contributed by atoms with Crippen LogP contribution in [-0.2, 0) is 14.4 Å². The Morgan fingerprint density at radius 3 is 2.46 bits per heavy atom. The van der Waals surface area contributed by atoms with Crippen molar-refractivity contribution in [3.05, 3.63) is 0 Å². The first-order valence-electron chi connectivity index (χ1n) is 8.39. The van der Waals surface area contributed by atoms with Gasteiger partial charge in [-0.05, 0) is 25.2 Å². The molecule has 0 aromatic heterocycles. The van der Waals surface area contributed by atoms with Crippen LogP contribution in [0.3, 0.4) is 0 Å². The Labute approximate surface area is 141 Å². The third-order valence-electron chi connectivity index (χ3n) is 4.66. The summed E-state index contributed by atoms with van der Waals surface area (Å²) in [4.78, 5) is 48.6. The summed E-state index contributed by atoms with van der Waals surface area (Å²) in [5, 5.41) is 14.4. The first-order chi connectivity index (χ1) is 11.2. The predicted molar refractivity (Wildman–Crippen MR) is 85.0 cm³/mol. The van der Waals surface area contributed by atoms with Gasteiger partial charge >= 0.3 is 12.0 Å². The SMILES string of the molecule is CC(C)CC(CNC(=O)CN1C(=O)NC2(CCCC2)C1=O)C(=O)O. The molecule has 0 radical (unpaired) electrons. The highest BCUT2D eigenvalue weighted by atomic mass is 16.4. The standard InChI is InChI=1S/C16H25N3O5/c1-10(2)7-11(13(21)22)8-17-12(20)9-19-14(23)16(18-15(19)24)5-3-4-6-16/h10-11H,3-9H2,1-2H3,(H,17,20)(H,18,24)(H,21,22). The summed E-state index contributed by atoms with van der Waals surface area (Å²) >= 11 is 0. The van der Waals surface area contributed by atoms with Gasteiger partial charge in [-0.1, -0.05) is 26.7 Å². The fourth-order valence-corrected chi connectivity index (χ4v) is 3.41. The number of urea groups is 1. The van der Waals surface area contributed by atoms with Crippen LogP contribution in [0.5, 0.6) is 0 Å². The smallest absolute Gasteiger partial charge is 0.325 e. The zero-order valence-electron chi connectivity index (χ0n) is 14.1. The molecule has 0 aromatic carbocycles. The highest BCUT2D eigenvalue weighted by molar-refractivity contribution is 6.09. The lowest BCUT2D eigenvalue weighted by molar-refractivity contribution is -0.142. The number of carbonyl (C=O) groups excluding carboxylic acids is 3. The Kier molecular flexibility index (Phi) is 5.46. The molecule has 4 amide bonds. The molecule has 0 bridgehead atoms. The number of rotatable bonds is 7. The Bertz CT molecular complexity index is 540. The first-order valence-corrected chi connectivity index (χ1v) is 8.39. The number of aliphatic carboxylic acids is 1. The molecule has 1 atom stereocenters. The van der Waals surface area contributed by atoms with Gasteiger partial charge in [-0.25, -0.2) is 4.79 Å². The molecule has 1 unspecified atom stereocenters. The Morgan fingerprint density at radius 2 is 1.92 bits per heavy atom. The van der Waals surface area contributed by atoms with E-state index in [4.69, 9.17) is 5.11 Å². The monoisotopic (exact) mass is 339 g/mol. The summed E-state index contributed by atoms with van der Waals surface area (Å²) in [5.41, 5.74) is -0.835. The largest absolute Gasteiger partial charge is 0.481 e. The van der Waals surface area contributed by atoms with E-state index >= 15 is 0 Å². The van der Waals surface area contributed by atoms with Crippen LogP contribution in [0.25, 0.3) is 0 Å². The minimum Gasteiger partial charge on any atom is -0.481 e. The number of carboxylic acids is 1. The van der Waals surface area contributed by atoms with Crippen molar-refractivity contribution in [2.24, 2.45) is 11.8 Å². The van der Waals surface area contributed by atoms with E-state index in [0.717, 1.165) is 17.7 Å². The highest BCUT2D eigenvalue weighted by Gasteiger charge is 2.52. The van der Waals surface area contributed by atoms with E-state index in [0.29, 0.717) is 19.3 Å². The van der Waals surface area contributed by atoms with Crippen LogP contribution in [0.15, 0.2) is 0 Å². The summed E-state index contributed by atoms with van der Waals surface area (Å²) in [6.07, 6.45) is 3.40. The second-order valence-corrected chi connectivity index (χ2v) is 7.08. The van der Waals surface area contributed by atoms with Crippen molar-refractivity contribution < 1.29 is 24.3 Å². The molecule has 8 heteroatoms. The van der Waals surface area contributed by atoms with Crippen molar-refractivity contribution >= 4 is 23.8 Å². The molecule has 0 aromatic rings. The van der Waals surface area contributed by atoms with E-state index in [2.05, 4.69) is 10.6 Å². The van der Waals surface area contributed by atoms with Crippen LogP contribution in [0.1, 0.15) is 46.0 Å². The number of nitrogens with zero attached hydrogens (tertiary/aromatic N) is 1. The molecule has 8 nitrogen and oxygen atoms in total. The third kappa shape index (κ3) is 3.85. The quantitative estimate of drug-likeness (QED) is 0.591. The summed E-state index contributed by atoms with van der Waals surface area (Å²) in [6, 6.07) is -0.547. The zero-order valence-corrected chi connectivity index (χ0v) is 14.1. The normalized spacial score (nSPS) is 20.5. The van der Waals surface area contributed by atoms with Crippen LogP contribution in [0.4, 0.5) is 4.79 Å². The summed E-state index contributed by atoms with van der Waals surface area (Å²) in [5.74, 6) is -2.33. The van der Waals surface area contributed by atoms with Gasteiger partial charge in [-0.15, -0.1) is 0 Å². The maximum absolute atomic E-state index is 12.4. The Morgan fingerprint density at radius 1 is 1.29 bits per heavy atom. The predicted octanol–water partition coefficient (Wildman–Crippen LogP) is 0.714. The molecule has 2 rings (SSSR count). The summed E-state index contributed by atoms with van der Waals surface area (Å²) < 4.78 is 0. The second kappa shape index (κ2) is 7.19. The van der Waals surface area contributed by atoms with Crippen molar-refractivity contribution in [3.8, 4) is 0 Å². The van der Waals surface area contributed by atoms with Crippen molar-refractivity contribution in [1.82, 2.24) is 15.5 Å². The van der Waals surface area contributed by atoms with Crippen LogP contribution in [-0.4, -0.2) is 52.4 Å². The minimum absolute atomic E-state index is 0.0128.